The average Bonchev–Trinajstić information content (AvgIpc) is 2.43. The lowest BCUT2D eigenvalue weighted by molar-refractivity contribution is 0.836. The first-order valence-electron chi connectivity index (χ1n) is 4.40. The number of hydrogen-bond acceptors (Lipinski definition) is 3. The average molecular weight is 192 g/mol. The second kappa shape index (κ2) is 3.07. The van der Waals surface area contributed by atoms with Crippen molar-refractivity contribution in [3.8, 4) is 0 Å². The molecule has 0 spiro atoms. The van der Waals surface area contributed by atoms with Crippen LogP contribution in [0, 0.1) is 6.92 Å². The number of fused-ring (bicyclic) bond motifs is 1. The highest BCUT2D eigenvalue weighted by molar-refractivity contribution is 7.18. The summed E-state index contributed by atoms with van der Waals surface area (Å²) in [5.41, 5.74) is 2.25. The first-order valence-corrected chi connectivity index (χ1v) is 5.22. The molecule has 2 heterocycles. The Morgan fingerprint density at radius 3 is 2.85 bits per heavy atom. The minimum atomic E-state index is 0.476. The van der Waals surface area contributed by atoms with Gasteiger partial charge in [0.15, 0.2) is 0 Å². The third kappa shape index (κ3) is 1.44. The maximum absolute atomic E-state index is 4.43. The SMILES string of the molecule is Cc1nc2ccnc(C(C)C)c2s1. The summed E-state index contributed by atoms with van der Waals surface area (Å²) >= 11 is 1.73. The molecule has 0 radical (unpaired) electrons. The van der Waals surface area contributed by atoms with Gasteiger partial charge in [-0.1, -0.05) is 13.8 Å². The maximum atomic E-state index is 4.43. The Balaban J connectivity index is 2.75. The van der Waals surface area contributed by atoms with Crippen LogP contribution in [0.1, 0.15) is 30.5 Å². The lowest BCUT2D eigenvalue weighted by atomic mass is 10.1. The molecule has 3 heteroatoms. The zero-order valence-corrected chi connectivity index (χ0v) is 8.85. The number of nitrogens with zero attached hydrogens (tertiary/aromatic N) is 2. The van der Waals surface area contributed by atoms with Gasteiger partial charge in [0, 0.05) is 6.20 Å². The molecule has 68 valence electrons. The van der Waals surface area contributed by atoms with Crippen LogP contribution in [0.5, 0.6) is 0 Å². The summed E-state index contributed by atoms with van der Waals surface area (Å²) in [6, 6.07) is 1.98. The van der Waals surface area contributed by atoms with Crippen molar-refractivity contribution >= 4 is 21.6 Å². The Morgan fingerprint density at radius 2 is 2.15 bits per heavy atom. The van der Waals surface area contributed by atoms with Gasteiger partial charge in [-0.2, -0.15) is 0 Å². The predicted octanol–water partition coefficient (Wildman–Crippen LogP) is 3.12. The van der Waals surface area contributed by atoms with Crippen molar-refractivity contribution in [1.82, 2.24) is 9.97 Å². The Bertz CT molecular complexity index is 431. The van der Waals surface area contributed by atoms with E-state index in [-0.39, 0.29) is 0 Å². The summed E-state index contributed by atoms with van der Waals surface area (Å²) in [4.78, 5) is 8.82. The minimum Gasteiger partial charge on any atom is -0.259 e. The van der Waals surface area contributed by atoms with Gasteiger partial charge in [0.25, 0.3) is 0 Å². The van der Waals surface area contributed by atoms with E-state index in [9.17, 15) is 0 Å². The monoisotopic (exact) mass is 192 g/mol. The molecule has 0 saturated carbocycles. The lowest BCUT2D eigenvalue weighted by Crippen LogP contribution is -1.91. The van der Waals surface area contributed by atoms with E-state index < -0.39 is 0 Å². The van der Waals surface area contributed by atoms with Crippen molar-refractivity contribution in [3.63, 3.8) is 0 Å². The molecule has 0 atom stereocenters. The van der Waals surface area contributed by atoms with Crippen LogP contribution in [0.4, 0.5) is 0 Å². The molecule has 0 aliphatic rings. The molecule has 0 fully saturated rings. The van der Waals surface area contributed by atoms with E-state index in [1.54, 1.807) is 11.3 Å². The van der Waals surface area contributed by atoms with Gasteiger partial charge in [-0.25, -0.2) is 4.98 Å². The third-order valence-electron chi connectivity index (χ3n) is 1.99. The van der Waals surface area contributed by atoms with Gasteiger partial charge >= 0.3 is 0 Å². The maximum Gasteiger partial charge on any atom is 0.0908 e. The van der Waals surface area contributed by atoms with E-state index in [4.69, 9.17) is 0 Å². The summed E-state index contributed by atoms with van der Waals surface area (Å²) in [6.45, 7) is 6.36. The van der Waals surface area contributed by atoms with Gasteiger partial charge in [0.1, 0.15) is 0 Å². The van der Waals surface area contributed by atoms with Crippen LogP contribution in [-0.4, -0.2) is 9.97 Å². The van der Waals surface area contributed by atoms with Crippen molar-refractivity contribution < 1.29 is 0 Å². The van der Waals surface area contributed by atoms with Gasteiger partial charge in [0.2, 0.25) is 0 Å². The van der Waals surface area contributed by atoms with Gasteiger partial charge in [-0.05, 0) is 18.9 Å². The van der Waals surface area contributed by atoms with Crippen LogP contribution >= 0.6 is 11.3 Å². The smallest absolute Gasteiger partial charge is 0.0908 e. The first kappa shape index (κ1) is 8.63. The van der Waals surface area contributed by atoms with Crippen LogP contribution in [0.15, 0.2) is 12.3 Å². The number of rotatable bonds is 1. The fourth-order valence-electron chi connectivity index (χ4n) is 1.40. The molecule has 0 aromatic carbocycles. The molecule has 0 saturated heterocycles. The highest BCUT2D eigenvalue weighted by Crippen LogP contribution is 2.27. The van der Waals surface area contributed by atoms with Gasteiger partial charge in [0.05, 0.1) is 20.9 Å². The molecule has 0 bridgehead atoms. The zero-order valence-electron chi connectivity index (χ0n) is 8.03. The molecule has 0 amide bonds. The number of aromatic nitrogens is 2. The van der Waals surface area contributed by atoms with E-state index >= 15 is 0 Å². The molecular weight excluding hydrogens is 180 g/mol. The van der Waals surface area contributed by atoms with Crippen molar-refractivity contribution in [2.75, 3.05) is 0 Å². The first-order chi connectivity index (χ1) is 6.18. The number of thiazole rings is 1. The molecule has 0 aliphatic carbocycles. The number of hydrogen-bond donors (Lipinski definition) is 0. The van der Waals surface area contributed by atoms with Gasteiger partial charge < -0.3 is 0 Å². The molecule has 2 nitrogen and oxygen atoms in total. The summed E-state index contributed by atoms with van der Waals surface area (Å²) in [7, 11) is 0. The Labute approximate surface area is 81.7 Å². The van der Waals surface area contributed by atoms with Crippen molar-refractivity contribution in [1.29, 1.82) is 0 Å². The normalized spacial score (nSPS) is 11.4. The minimum absolute atomic E-state index is 0.476. The third-order valence-corrected chi connectivity index (χ3v) is 2.99. The second-order valence-corrected chi connectivity index (χ2v) is 4.64. The van der Waals surface area contributed by atoms with Crippen LogP contribution in [-0.2, 0) is 0 Å². The summed E-state index contributed by atoms with van der Waals surface area (Å²) in [6.07, 6.45) is 1.84. The molecule has 2 aromatic heterocycles. The van der Waals surface area contributed by atoms with Crippen LogP contribution in [0.2, 0.25) is 0 Å². The second-order valence-electron chi connectivity index (χ2n) is 3.43. The van der Waals surface area contributed by atoms with Gasteiger partial charge in [-0.3, -0.25) is 4.98 Å². The highest BCUT2D eigenvalue weighted by atomic mass is 32.1. The Kier molecular flexibility index (Phi) is 2.04. The lowest BCUT2D eigenvalue weighted by Gasteiger charge is -2.03. The van der Waals surface area contributed by atoms with Crippen molar-refractivity contribution in [2.24, 2.45) is 0 Å². The van der Waals surface area contributed by atoms with E-state index in [1.807, 2.05) is 19.2 Å². The highest BCUT2D eigenvalue weighted by Gasteiger charge is 2.09. The topological polar surface area (TPSA) is 25.8 Å². The molecule has 0 aliphatic heterocycles. The van der Waals surface area contributed by atoms with E-state index in [0.29, 0.717) is 5.92 Å². The Hall–Kier alpha value is -0.960. The van der Waals surface area contributed by atoms with Crippen LogP contribution < -0.4 is 0 Å². The summed E-state index contributed by atoms with van der Waals surface area (Å²) < 4.78 is 1.25. The van der Waals surface area contributed by atoms with Gasteiger partial charge in [-0.15, -0.1) is 11.3 Å². The number of aryl methyl sites for hydroxylation is 1. The van der Waals surface area contributed by atoms with E-state index in [0.717, 1.165) is 10.5 Å². The van der Waals surface area contributed by atoms with Crippen molar-refractivity contribution in [3.05, 3.63) is 23.0 Å². The molecule has 2 rings (SSSR count). The number of pyridine rings is 1. The van der Waals surface area contributed by atoms with E-state index in [1.165, 1.54) is 10.4 Å². The predicted molar refractivity (Wildman–Crippen MR) is 56.2 cm³/mol. The van der Waals surface area contributed by atoms with E-state index in [2.05, 4.69) is 23.8 Å². The standard InChI is InChI=1S/C10H12N2S/c1-6(2)9-10-8(4-5-11-9)12-7(3)13-10/h4-6H,1-3H3. The molecule has 2 aromatic rings. The summed E-state index contributed by atoms with van der Waals surface area (Å²) in [5, 5.41) is 1.12. The largest absolute Gasteiger partial charge is 0.259 e. The fraction of sp³-hybridized carbons (Fsp3) is 0.400. The molecular formula is C10H12N2S. The fourth-order valence-corrected chi connectivity index (χ4v) is 2.45. The summed E-state index contributed by atoms with van der Waals surface area (Å²) in [5.74, 6) is 0.476. The molecule has 13 heavy (non-hydrogen) atoms. The van der Waals surface area contributed by atoms with Crippen molar-refractivity contribution in [2.45, 2.75) is 26.7 Å². The van der Waals surface area contributed by atoms with Crippen LogP contribution in [0.25, 0.3) is 10.2 Å². The quantitative estimate of drug-likeness (QED) is 0.693. The van der Waals surface area contributed by atoms with Crippen LogP contribution in [0.3, 0.4) is 0 Å². The molecule has 0 unspecified atom stereocenters. The molecule has 0 N–H and O–H groups in total. The zero-order chi connectivity index (χ0) is 9.42. The Morgan fingerprint density at radius 1 is 1.38 bits per heavy atom.